The van der Waals surface area contributed by atoms with Gasteiger partial charge in [0, 0.05) is 18.1 Å². The van der Waals surface area contributed by atoms with Crippen molar-refractivity contribution in [2.75, 3.05) is 12.4 Å². The summed E-state index contributed by atoms with van der Waals surface area (Å²) in [4.78, 5) is 18.3. The average Bonchev–Trinajstić information content (AvgIpc) is 2.90. The number of carbonyl (C=O) groups excluding carboxylic acids is 1. The Kier molecular flexibility index (Phi) is 6.12. The van der Waals surface area contributed by atoms with Gasteiger partial charge in [-0.15, -0.1) is 11.3 Å². The highest BCUT2D eigenvalue weighted by Crippen LogP contribution is 2.14. The number of aryl methyl sites for hydroxylation is 1. The molecule has 1 heterocycles. The Hall–Kier alpha value is -1.92. The third-order valence-electron chi connectivity index (χ3n) is 3.17. The number of thiazole rings is 1. The standard InChI is InChI=1S/C17H23N3O2S/c1-12(2)22-10-14-6-5-7-15(8-14)19-17(21)20(4)9-16-11-23-13(3)18-16/h5-8,11-12H,9-10H2,1-4H3,(H,19,21). The van der Waals surface area contributed by atoms with Crippen molar-refractivity contribution in [2.24, 2.45) is 0 Å². The van der Waals surface area contributed by atoms with Crippen molar-refractivity contribution in [1.29, 1.82) is 0 Å². The maximum absolute atomic E-state index is 12.3. The maximum Gasteiger partial charge on any atom is 0.321 e. The van der Waals surface area contributed by atoms with E-state index in [1.165, 1.54) is 0 Å². The van der Waals surface area contributed by atoms with Gasteiger partial charge >= 0.3 is 6.03 Å². The summed E-state index contributed by atoms with van der Waals surface area (Å²) in [6, 6.07) is 7.55. The molecule has 0 aliphatic heterocycles. The van der Waals surface area contributed by atoms with Crippen molar-refractivity contribution in [2.45, 2.75) is 40.0 Å². The van der Waals surface area contributed by atoms with Gasteiger partial charge in [0.05, 0.1) is 30.0 Å². The molecule has 0 unspecified atom stereocenters. The van der Waals surface area contributed by atoms with Crippen molar-refractivity contribution in [3.8, 4) is 0 Å². The molecule has 2 rings (SSSR count). The summed E-state index contributed by atoms with van der Waals surface area (Å²) in [6.45, 7) is 6.99. The number of anilines is 1. The van der Waals surface area contributed by atoms with Crippen LogP contribution < -0.4 is 5.32 Å². The van der Waals surface area contributed by atoms with Crippen molar-refractivity contribution >= 4 is 23.1 Å². The van der Waals surface area contributed by atoms with E-state index in [9.17, 15) is 4.79 Å². The summed E-state index contributed by atoms with van der Waals surface area (Å²) >= 11 is 1.59. The smallest absolute Gasteiger partial charge is 0.321 e. The molecule has 0 atom stereocenters. The van der Waals surface area contributed by atoms with E-state index in [1.54, 1.807) is 23.3 Å². The van der Waals surface area contributed by atoms with Crippen molar-refractivity contribution in [1.82, 2.24) is 9.88 Å². The first kappa shape index (κ1) is 17.4. The molecule has 0 fully saturated rings. The van der Waals surface area contributed by atoms with Gasteiger partial charge in [-0.2, -0.15) is 0 Å². The highest BCUT2D eigenvalue weighted by Gasteiger charge is 2.11. The quantitative estimate of drug-likeness (QED) is 0.868. The van der Waals surface area contributed by atoms with Gasteiger partial charge in [-0.25, -0.2) is 9.78 Å². The lowest BCUT2D eigenvalue weighted by molar-refractivity contribution is 0.0657. The van der Waals surface area contributed by atoms with Crippen LogP contribution in [0, 0.1) is 6.92 Å². The number of benzene rings is 1. The van der Waals surface area contributed by atoms with Gasteiger partial charge < -0.3 is 15.0 Å². The van der Waals surface area contributed by atoms with Crippen LogP contribution in [0.25, 0.3) is 0 Å². The van der Waals surface area contributed by atoms with Crippen LogP contribution >= 0.6 is 11.3 Å². The number of carbonyl (C=O) groups is 1. The Morgan fingerprint density at radius 1 is 1.43 bits per heavy atom. The first-order chi connectivity index (χ1) is 10.9. The van der Waals surface area contributed by atoms with Crippen molar-refractivity contribution in [3.05, 3.63) is 45.9 Å². The van der Waals surface area contributed by atoms with Crippen LogP contribution in [0.2, 0.25) is 0 Å². The van der Waals surface area contributed by atoms with Gasteiger partial charge in [0.1, 0.15) is 0 Å². The highest BCUT2D eigenvalue weighted by molar-refractivity contribution is 7.09. The first-order valence-corrected chi connectivity index (χ1v) is 8.45. The third kappa shape index (κ3) is 5.65. The largest absolute Gasteiger partial charge is 0.374 e. The fourth-order valence-corrected chi connectivity index (χ4v) is 2.62. The van der Waals surface area contributed by atoms with Crippen molar-refractivity contribution in [3.63, 3.8) is 0 Å². The number of ether oxygens (including phenoxy) is 1. The molecule has 0 bridgehead atoms. The molecule has 124 valence electrons. The number of hydrogen-bond donors (Lipinski definition) is 1. The molecule has 1 aromatic carbocycles. The van der Waals surface area contributed by atoms with Crippen LogP contribution in [0.4, 0.5) is 10.5 Å². The summed E-state index contributed by atoms with van der Waals surface area (Å²) in [7, 11) is 1.76. The molecule has 0 aliphatic carbocycles. The average molecular weight is 333 g/mol. The third-order valence-corrected chi connectivity index (χ3v) is 4.00. The van der Waals surface area contributed by atoms with Gasteiger partial charge in [0.2, 0.25) is 0 Å². The van der Waals surface area contributed by atoms with E-state index in [1.807, 2.05) is 50.4 Å². The lowest BCUT2D eigenvalue weighted by Crippen LogP contribution is -2.31. The molecular formula is C17H23N3O2S. The number of amides is 2. The molecule has 1 aromatic heterocycles. The van der Waals surface area contributed by atoms with Gasteiger partial charge in [0.25, 0.3) is 0 Å². The van der Waals surface area contributed by atoms with Crippen LogP contribution in [-0.4, -0.2) is 29.1 Å². The summed E-state index contributed by atoms with van der Waals surface area (Å²) < 4.78 is 5.59. The number of aromatic nitrogens is 1. The van der Waals surface area contributed by atoms with Gasteiger partial charge in [0.15, 0.2) is 0 Å². The minimum atomic E-state index is -0.155. The monoisotopic (exact) mass is 333 g/mol. The van der Waals surface area contributed by atoms with Gasteiger partial charge in [-0.05, 0) is 38.5 Å². The minimum Gasteiger partial charge on any atom is -0.374 e. The second kappa shape index (κ2) is 8.08. The predicted octanol–water partition coefficient (Wildman–Crippen LogP) is 4.04. The van der Waals surface area contributed by atoms with E-state index >= 15 is 0 Å². The molecule has 0 spiro atoms. The normalized spacial score (nSPS) is 10.8. The molecular weight excluding hydrogens is 310 g/mol. The number of hydrogen-bond acceptors (Lipinski definition) is 4. The van der Waals surface area contributed by atoms with E-state index in [0.717, 1.165) is 22.0 Å². The maximum atomic E-state index is 12.3. The zero-order valence-electron chi connectivity index (χ0n) is 14.0. The molecule has 6 heteroatoms. The van der Waals surface area contributed by atoms with Crippen LogP contribution in [-0.2, 0) is 17.9 Å². The van der Waals surface area contributed by atoms with E-state index < -0.39 is 0 Å². The molecule has 23 heavy (non-hydrogen) atoms. The Bertz CT molecular complexity index is 655. The minimum absolute atomic E-state index is 0.155. The summed E-state index contributed by atoms with van der Waals surface area (Å²) in [5.74, 6) is 0. The lowest BCUT2D eigenvalue weighted by Gasteiger charge is -2.17. The van der Waals surface area contributed by atoms with Crippen LogP contribution in [0.1, 0.15) is 30.1 Å². The van der Waals surface area contributed by atoms with Crippen LogP contribution in [0.3, 0.4) is 0 Å². The molecule has 0 saturated carbocycles. The van der Waals surface area contributed by atoms with Crippen LogP contribution in [0.5, 0.6) is 0 Å². The number of urea groups is 1. The fourth-order valence-electron chi connectivity index (χ4n) is 2.02. The topological polar surface area (TPSA) is 54.5 Å². The SMILES string of the molecule is Cc1nc(CN(C)C(=O)Nc2cccc(COC(C)C)c2)cs1. The molecule has 1 N–H and O–H groups in total. The Morgan fingerprint density at radius 2 is 2.22 bits per heavy atom. The Morgan fingerprint density at radius 3 is 2.87 bits per heavy atom. The number of nitrogens with zero attached hydrogens (tertiary/aromatic N) is 2. The number of rotatable bonds is 6. The zero-order valence-corrected chi connectivity index (χ0v) is 14.8. The molecule has 0 radical (unpaired) electrons. The second-order valence-electron chi connectivity index (χ2n) is 5.70. The lowest BCUT2D eigenvalue weighted by atomic mass is 10.2. The summed E-state index contributed by atoms with van der Waals surface area (Å²) in [5, 5.41) is 5.89. The zero-order chi connectivity index (χ0) is 16.8. The Balaban J connectivity index is 1.92. The summed E-state index contributed by atoms with van der Waals surface area (Å²) in [5.41, 5.74) is 2.71. The van der Waals surface area contributed by atoms with Gasteiger partial charge in [-0.1, -0.05) is 12.1 Å². The number of nitrogens with one attached hydrogen (secondary N) is 1. The molecule has 5 nitrogen and oxygen atoms in total. The summed E-state index contributed by atoms with van der Waals surface area (Å²) in [6.07, 6.45) is 0.181. The first-order valence-electron chi connectivity index (χ1n) is 7.57. The highest BCUT2D eigenvalue weighted by atomic mass is 32.1. The van der Waals surface area contributed by atoms with E-state index in [0.29, 0.717) is 13.2 Å². The van der Waals surface area contributed by atoms with E-state index in [-0.39, 0.29) is 12.1 Å². The predicted molar refractivity (Wildman–Crippen MR) is 93.7 cm³/mol. The second-order valence-corrected chi connectivity index (χ2v) is 6.77. The molecule has 2 aromatic rings. The molecule has 2 amide bonds. The molecule has 0 saturated heterocycles. The van der Waals surface area contributed by atoms with E-state index in [4.69, 9.17) is 4.74 Å². The molecule has 0 aliphatic rings. The van der Waals surface area contributed by atoms with E-state index in [2.05, 4.69) is 10.3 Å². The van der Waals surface area contributed by atoms with Crippen LogP contribution in [0.15, 0.2) is 29.6 Å². The fraction of sp³-hybridized carbons (Fsp3) is 0.412. The van der Waals surface area contributed by atoms with Crippen molar-refractivity contribution < 1.29 is 9.53 Å². The van der Waals surface area contributed by atoms with Gasteiger partial charge in [-0.3, -0.25) is 0 Å². The Labute approximate surface area is 141 Å².